The number of aryl methyl sites for hydroxylation is 1. The van der Waals surface area contributed by atoms with Gasteiger partial charge in [0.15, 0.2) is 0 Å². The number of anilines is 1. The number of ether oxygens (including phenoxy) is 1. The summed E-state index contributed by atoms with van der Waals surface area (Å²) in [7, 11) is -1.71. The first kappa shape index (κ1) is 19.2. The first-order valence-corrected chi connectivity index (χ1v) is 10.7. The van der Waals surface area contributed by atoms with Gasteiger partial charge in [0.05, 0.1) is 25.1 Å². The van der Waals surface area contributed by atoms with Gasteiger partial charge in [-0.15, -0.1) is 0 Å². The Bertz CT molecular complexity index is 956. The number of para-hydroxylation sites is 1. The Hall–Kier alpha value is -2.54. The second-order valence-electron chi connectivity index (χ2n) is 6.72. The lowest BCUT2D eigenvalue weighted by atomic mass is 10.00. The Morgan fingerprint density at radius 3 is 2.67 bits per heavy atom. The average molecular weight is 388 g/mol. The molecule has 1 N–H and O–H groups in total. The summed E-state index contributed by atoms with van der Waals surface area (Å²) in [5.41, 5.74) is 2.96. The van der Waals surface area contributed by atoms with Gasteiger partial charge in [-0.05, 0) is 49.6 Å². The molecule has 144 valence electrons. The van der Waals surface area contributed by atoms with E-state index in [1.165, 1.54) is 10.6 Å². The molecule has 0 bridgehead atoms. The van der Waals surface area contributed by atoms with E-state index in [9.17, 15) is 13.2 Å². The molecule has 0 saturated heterocycles. The Morgan fingerprint density at radius 2 is 1.96 bits per heavy atom. The largest absolute Gasteiger partial charge is 0.496 e. The van der Waals surface area contributed by atoms with Crippen LogP contribution in [0.25, 0.3) is 0 Å². The SMILES string of the molecule is COc1ccccc1[C@@H](C)NC(=O)c1ccc2c(c1)CCCN2S(C)(=O)=O. The fourth-order valence-corrected chi connectivity index (χ4v) is 4.43. The number of rotatable bonds is 5. The molecule has 0 aliphatic carbocycles. The molecule has 1 aliphatic heterocycles. The van der Waals surface area contributed by atoms with Gasteiger partial charge in [0.1, 0.15) is 5.75 Å². The van der Waals surface area contributed by atoms with Crippen molar-refractivity contribution >= 4 is 21.6 Å². The number of fused-ring (bicyclic) bond motifs is 1. The van der Waals surface area contributed by atoms with Crippen LogP contribution >= 0.6 is 0 Å². The zero-order valence-electron chi connectivity index (χ0n) is 15.7. The Balaban J connectivity index is 1.82. The molecule has 0 unspecified atom stereocenters. The van der Waals surface area contributed by atoms with Crippen molar-refractivity contribution in [1.29, 1.82) is 0 Å². The normalized spacial score (nSPS) is 15.0. The summed E-state index contributed by atoms with van der Waals surface area (Å²) in [6, 6.07) is 12.5. The van der Waals surface area contributed by atoms with Crippen molar-refractivity contribution in [1.82, 2.24) is 5.32 Å². The average Bonchev–Trinajstić information content (AvgIpc) is 2.66. The molecule has 0 saturated carbocycles. The summed E-state index contributed by atoms with van der Waals surface area (Å²) >= 11 is 0. The molecule has 1 amide bonds. The van der Waals surface area contributed by atoms with E-state index in [0.29, 0.717) is 17.8 Å². The summed E-state index contributed by atoms with van der Waals surface area (Å²) in [6.45, 7) is 2.38. The third-order valence-corrected chi connectivity index (χ3v) is 5.95. The molecule has 1 atom stereocenters. The molecule has 6 nitrogen and oxygen atoms in total. The highest BCUT2D eigenvalue weighted by Gasteiger charge is 2.25. The molecule has 27 heavy (non-hydrogen) atoms. The van der Waals surface area contributed by atoms with Gasteiger partial charge in [0, 0.05) is 17.7 Å². The number of nitrogens with zero attached hydrogens (tertiary/aromatic N) is 1. The van der Waals surface area contributed by atoms with Gasteiger partial charge >= 0.3 is 0 Å². The molecule has 0 radical (unpaired) electrons. The zero-order chi connectivity index (χ0) is 19.6. The first-order chi connectivity index (χ1) is 12.8. The molecule has 0 spiro atoms. The van der Waals surface area contributed by atoms with Crippen LogP contribution in [0.15, 0.2) is 42.5 Å². The van der Waals surface area contributed by atoms with E-state index in [1.54, 1.807) is 25.3 Å². The highest BCUT2D eigenvalue weighted by molar-refractivity contribution is 7.92. The minimum absolute atomic E-state index is 0.201. The molecule has 0 fully saturated rings. The molecule has 1 heterocycles. The van der Waals surface area contributed by atoms with Gasteiger partial charge in [-0.25, -0.2) is 8.42 Å². The first-order valence-electron chi connectivity index (χ1n) is 8.85. The Kier molecular flexibility index (Phi) is 5.41. The van der Waals surface area contributed by atoms with Gasteiger partial charge in [-0.1, -0.05) is 18.2 Å². The Morgan fingerprint density at radius 1 is 1.22 bits per heavy atom. The van der Waals surface area contributed by atoms with Crippen LogP contribution in [0.2, 0.25) is 0 Å². The van der Waals surface area contributed by atoms with E-state index in [2.05, 4.69) is 5.32 Å². The zero-order valence-corrected chi connectivity index (χ0v) is 16.5. The summed E-state index contributed by atoms with van der Waals surface area (Å²) in [4.78, 5) is 12.7. The maximum absolute atomic E-state index is 12.7. The number of sulfonamides is 1. The van der Waals surface area contributed by atoms with Gasteiger partial charge in [0.25, 0.3) is 5.91 Å². The second kappa shape index (κ2) is 7.60. The summed E-state index contributed by atoms with van der Waals surface area (Å²) in [5.74, 6) is 0.521. The van der Waals surface area contributed by atoms with Gasteiger partial charge < -0.3 is 10.1 Å². The van der Waals surface area contributed by atoms with Gasteiger partial charge in [-0.3, -0.25) is 9.10 Å². The molecule has 7 heteroatoms. The molecular formula is C20H24N2O4S. The molecule has 2 aromatic carbocycles. The van der Waals surface area contributed by atoms with Crippen molar-refractivity contribution in [3.8, 4) is 5.75 Å². The minimum Gasteiger partial charge on any atom is -0.496 e. The maximum atomic E-state index is 12.7. The van der Waals surface area contributed by atoms with Crippen LogP contribution in [-0.4, -0.2) is 34.2 Å². The number of hydrogen-bond donors (Lipinski definition) is 1. The number of carbonyl (C=O) groups excluding carboxylic acids is 1. The number of benzene rings is 2. The fraction of sp³-hybridized carbons (Fsp3) is 0.350. The highest BCUT2D eigenvalue weighted by Crippen LogP contribution is 2.30. The predicted molar refractivity (Wildman–Crippen MR) is 106 cm³/mol. The van der Waals surface area contributed by atoms with Crippen LogP contribution in [-0.2, 0) is 16.4 Å². The molecule has 2 aromatic rings. The summed E-state index contributed by atoms with van der Waals surface area (Å²) in [5, 5.41) is 2.98. The fourth-order valence-electron chi connectivity index (χ4n) is 3.43. The highest BCUT2D eigenvalue weighted by atomic mass is 32.2. The lowest BCUT2D eigenvalue weighted by molar-refractivity contribution is 0.0939. The van der Waals surface area contributed by atoms with E-state index in [-0.39, 0.29) is 11.9 Å². The summed E-state index contributed by atoms with van der Waals surface area (Å²) < 4.78 is 30.7. The quantitative estimate of drug-likeness (QED) is 0.855. The number of nitrogens with one attached hydrogen (secondary N) is 1. The lowest BCUT2D eigenvalue weighted by Gasteiger charge is -2.29. The van der Waals surface area contributed by atoms with Gasteiger partial charge in [0.2, 0.25) is 10.0 Å². The third kappa shape index (κ3) is 4.08. The van der Waals surface area contributed by atoms with E-state index < -0.39 is 10.0 Å². The maximum Gasteiger partial charge on any atom is 0.251 e. The van der Waals surface area contributed by atoms with Gasteiger partial charge in [-0.2, -0.15) is 0 Å². The van der Waals surface area contributed by atoms with Crippen LogP contribution in [0.1, 0.15) is 40.9 Å². The monoisotopic (exact) mass is 388 g/mol. The minimum atomic E-state index is -3.32. The van der Waals surface area contributed by atoms with Crippen molar-refractivity contribution in [2.24, 2.45) is 0 Å². The van der Waals surface area contributed by atoms with Crippen molar-refractivity contribution in [2.45, 2.75) is 25.8 Å². The van der Waals surface area contributed by atoms with Crippen molar-refractivity contribution < 1.29 is 17.9 Å². The van der Waals surface area contributed by atoms with Crippen LogP contribution in [0, 0.1) is 0 Å². The van der Waals surface area contributed by atoms with Crippen LogP contribution in [0.5, 0.6) is 5.75 Å². The number of carbonyl (C=O) groups is 1. The third-order valence-electron chi connectivity index (χ3n) is 4.77. The summed E-state index contributed by atoms with van der Waals surface area (Å²) in [6.07, 6.45) is 2.70. The smallest absolute Gasteiger partial charge is 0.251 e. The number of methoxy groups -OCH3 is 1. The van der Waals surface area contributed by atoms with Crippen molar-refractivity contribution in [2.75, 3.05) is 24.2 Å². The van der Waals surface area contributed by atoms with Crippen LogP contribution in [0.3, 0.4) is 0 Å². The van der Waals surface area contributed by atoms with E-state index in [0.717, 1.165) is 29.7 Å². The van der Waals surface area contributed by atoms with Crippen LogP contribution < -0.4 is 14.4 Å². The predicted octanol–water partition coefficient (Wildman–Crippen LogP) is 2.90. The standard InChI is InChI=1S/C20H24N2O4S/c1-14(17-8-4-5-9-19(17)26-2)21-20(23)16-10-11-18-15(13-16)7-6-12-22(18)27(3,24)25/h4-5,8-11,13-14H,6-7,12H2,1-3H3,(H,21,23)/t14-/m1/s1. The van der Waals surface area contributed by atoms with E-state index >= 15 is 0 Å². The Labute approximate surface area is 160 Å². The van der Waals surface area contributed by atoms with Crippen molar-refractivity contribution in [3.63, 3.8) is 0 Å². The van der Waals surface area contributed by atoms with E-state index in [4.69, 9.17) is 4.74 Å². The molecular weight excluding hydrogens is 364 g/mol. The lowest BCUT2D eigenvalue weighted by Crippen LogP contribution is -2.35. The molecule has 0 aromatic heterocycles. The topological polar surface area (TPSA) is 75.7 Å². The van der Waals surface area contributed by atoms with E-state index in [1.807, 2.05) is 31.2 Å². The molecule has 1 aliphatic rings. The number of hydrogen-bond acceptors (Lipinski definition) is 4. The second-order valence-corrected chi connectivity index (χ2v) is 8.63. The molecule has 3 rings (SSSR count). The van der Waals surface area contributed by atoms with Crippen molar-refractivity contribution in [3.05, 3.63) is 59.2 Å². The van der Waals surface area contributed by atoms with Crippen LogP contribution in [0.4, 0.5) is 5.69 Å². The number of amides is 1.